The molecule has 0 unspecified atom stereocenters. The summed E-state index contributed by atoms with van der Waals surface area (Å²) < 4.78 is 29.0. The highest BCUT2D eigenvalue weighted by atomic mass is 32.1. The van der Waals surface area contributed by atoms with Gasteiger partial charge in [0, 0.05) is 63.5 Å². The number of hydrogen-bond donors (Lipinski definition) is 2. The highest BCUT2D eigenvalue weighted by Crippen LogP contribution is 2.31. The fraction of sp³-hybridized carbons (Fsp3) is 0.667. The van der Waals surface area contributed by atoms with E-state index >= 15 is 0 Å². The molecule has 0 radical (unpaired) electrons. The van der Waals surface area contributed by atoms with Crippen LogP contribution in [0.1, 0.15) is 97.2 Å². The van der Waals surface area contributed by atoms with Crippen LogP contribution in [0, 0.1) is 23.7 Å². The van der Waals surface area contributed by atoms with E-state index in [-0.39, 0.29) is 125 Å². The van der Waals surface area contributed by atoms with Crippen molar-refractivity contribution in [2.75, 3.05) is 81.0 Å². The summed E-state index contributed by atoms with van der Waals surface area (Å²) in [6, 6.07) is 7.76. The van der Waals surface area contributed by atoms with Crippen LogP contribution >= 0.6 is 23.6 Å². The average molecular weight is 1070 g/mol. The number of thiocarbonyl (C=S) groups is 1. The Morgan fingerprint density at radius 2 is 1.46 bits per heavy atom. The molecule has 2 aliphatic rings. The number of imide groups is 2. The molecule has 0 spiro atoms. The lowest BCUT2D eigenvalue weighted by Crippen LogP contribution is -2.60. The number of amides is 6. The minimum atomic E-state index is -0.938. The highest BCUT2D eigenvalue weighted by molar-refractivity contribution is 7.80. The van der Waals surface area contributed by atoms with Crippen molar-refractivity contribution in [2.24, 2.45) is 23.7 Å². The predicted octanol–water partition coefficient (Wildman–Crippen LogP) is 5.25. The minimum absolute atomic E-state index is 0.00932. The van der Waals surface area contributed by atoms with Crippen molar-refractivity contribution in [3.05, 3.63) is 64.6 Å². The number of carbonyl (C=O) groups excluding carboxylic acids is 6. The molecule has 0 bridgehead atoms. The van der Waals surface area contributed by atoms with Gasteiger partial charge in [0.2, 0.25) is 23.6 Å². The summed E-state index contributed by atoms with van der Waals surface area (Å²) >= 11 is 7.66. The van der Waals surface area contributed by atoms with Gasteiger partial charge in [0.25, 0.3) is 11.8 Å². The molecule has 1 fully saturated rings. The number of likely N-dealkylation sites (tertiary alicyclic amines) is 1. The summed E-state index contributed by atoms with van der Waals surface area (Å²) in [5, 5.41) is 9.16. The number of nitrogens with one attached hydrogen (secondary N) is 2. The van der Waals surface area contributed by atoms with E-state index < -0.39 is 36.0 Å². The van der Waals surface area contributed by atoms with Crippen LogP contribution in [0.2, 0.25) is 0 Å². The summed E-state index contributed by atoms with van der Waals surface area (Å²) in [4.78, 5) is 91.2. The predicted molar refractivity (Wildman–Crippen MR) is 288 cm³/mol. The van der Waals surface area contributed by atoms with Crippen molar-refractivity contribution in [1.82, 2.24) is 35.2 Å². The number of ether oxygens (including phenoxy) is 5. The van der Waals surface area contributed by atoms with Gasteiger partial charge < -0.3 is 38.8 Å². The number of likely N-dealkylation sites (N-methyl/N-ethyl adjacent to an activating group) is 2. The Kier molecular flexibility index (Phi) is 26.4. The molecular weight excluding hydrogens is 987 g/mol. The third-order valence-corrected chi connectivity index (χ3v) is 15.5. The van der Waals surface area contributed by atoms with E-state index in [0.29, 0.717) is 18.0 Å². The monoisotopic (exact) mass is 1070 g/mol. The number of thiazole rings is 1. The third kappa shape index (κ3) is 17.8. The van der Waals surface area contributed by atoms with Gasteiger partial charge in [-0.3, -0.25) is 43.9 Å². The zero-order valence-electron chi connectivity index (χ0n) is 45.5. The summed E-state index contributed by atoms with van der Waals surface area (Å²) in [5.74, 6) is -3.01. The molecule has 2 aliphatic heterocycles. The Morgan fingerprint density at radius 1 is 0.851 bits per heavy atom. The molecule has 0 saturated carbocycles. The normalized spacial score (nSPS) is 18.1. The lowest BCUT2D eigenvalue weighted by atomic mass is 9.87. The first-order valence-electron chi connectivity index (χ1n) is 26.0. The lowest BCUT2D eigenvalue weighted by Gasteiger charge is -2.43. The molecule has 1 aromatic heterocycles. The van der Waals surface area contributed by atoms with Crippen LogP contribution in [0.25, 0.3) is 0 Å². The molecule has 9 atom stereocenters. The second-order valence-electron chi connectivity index (χ2n) is 19.9. The van der Waals surface area contributed by atoms with E-state index in [9.17, 15) is 28.8 Å². The van der Waals surface area contributed by atoms with Crippen molar-refractivity contribution in [3.63, 3.8) is 0 Å². The number of methoxy groups -OCH3 is 2. The van der Waals surface area contributed by atoms with Crippen LogP contribution in [0.15, 0.2) is 54.1 Å². The number of benzene rings is 1. The number of rotatable bonds is 33. The standard InChI is InChI=1S/C54H83N7O11S2/c1-12-37(6)49(42(68-10)34-46(65)60-24-16-19-41(60)50(69-11)38(7)53(73)56-40(54-55-23-32-74-54)33-39-17-14-13-15-18-39)59(9)48(36(4)5)52(67)57-51(66)47(35(2)3)58(8)43(62)22-26-70-28-30-72-31-29-71-27-25-61-44(63)20-21-45(61)64/h13-15,17-18,20-21,23,32,35-38,40-42,47-50H,12,16,19,22,24-31,33-34H2,1-11H3,(H,56,73)(H,57,66,67)/t37-,38+,40-,41-,42+,47-,48-,49-,50+/m0/s1. The van der Waals surface area contributed by atoms with Gasteiger partial charge in [0.1, 0.15) is 11.0 Å². The maximum atomic E-state index is 14.6. The van der Waals surface area contributed by atoms with Crippen molar-refractivity contribution >= 4 is 64.0 Å². The molecule has 3 heterocycles. The number of hydrogen-bond acceptors (Lipinski definition) is 15. The topological polar surface area (TPSA) is 198 Å². The van der Waals surface area contributed by atoms with E-state index in [1.807, 2.05) is 75.0 Å². The van der Waals surface area contributed by atoms with Gasteiger partial charge in [-0.2, -0.15) is 0 Å². The first-order valence-corrected chi connectivity index (χ1v) is 27.3. The molecule has 4 rings (SSSR count). The quantitative estimate of drug-likeness (QED) is 0.0534. The van der Waals surface area contributed by atoms with Crippen molar-refractivity contribution in [3.8, 4) is 0 Å². The number of nitrogens with zero attached hydrogens (tertiary/aromatic N) is 5. The zero-order valence-corrected chi connectivity index (χ0v) is 47.1. The van der Waals surface area contributed by atoms with Crippen LogP contribution in [0.3, 0.4) is 0 Å². The van der Waals surface area contributed by atoms with Crippen molar-refractivity contribution < 1.29 is 52.5 Å². The second kappa shape index (κ2) is 31.5. The van der Waals surface area contributed by atoms with Gasteiger partial charge >= 0.3 is 0 Å². The highest BCUT2D eigenvalue weighted by Gasteiger charge is 2.44. The number of aromatic nitrogens is 1. The Bertz CT molecular complexity index is 2110. The molecule has 412 valence electrons. The third-order valence-electron chi connectivity index (χ3n) is 14.1. The van der Waals surface area contributed by atoms with Crippen LogP contribution in [0.5, 0.6) is 0 Å². The van der Waals surface area contributed by atoms with Crippen molar-refractivity contribution in [2.45, 2.75) is 129 Å². The summed E-state index contributed by atoms with van der Waals surface area (Å²) in [6.07, 6.45) is 6.36. The summed E-state index contributed by atoms with van der Waals surface area (Å²) in [7, 11) is 6.67. The zero-order chi connectivity index (χ0) is 54.5. The summed E-state index contributed by atoms with van der Waals surface area (Å²) in [5.41, 5.74) is 1.16. The average Bonchev–Trinajstić information content (AvgIpc) is 4.16. The van der Waals surface area contributed by atoms with Gasteiger partial charge in [-0.25, -0.2) is 4.98 Å². The van der Waals surface area contributed by atoms with E-state index in [4.69, 9.17) is 35.9 Å². The molecule has 74 heavy (non-hydrogen) atoms. The second-order valence-corrected chi connectivity index (χ2v) is 21.3. The molecule has 2 aromatic rings. The van der Waals surface area contributed by atoms with Gasteiger partial charge in [0.15, 0.2) is 0 Å². The van der Waals surface area contributed by atoms with Crippen LogP contribution in [-0.4, -0.2) is 182 Å². The smallest absolute Gasteiger partial charge is 0.253 e. The van der Waals surface area contributed by atoms with Crippen LogP contribution < -0.4 is 10.6 Å². The van der Waals surface area contributed by atoms with Gasteiger partial charge in [-0.05, 0) is 49.6 Å². The Morgan fingerprint density at radius 3 is 2.03 bits per heavy atom. The molecule has 1 aromatic carbocycles. The molecule has 6 amide bonds. The first-order chi connectivity index (χ1) is 35.4. The molecular formula is C54H83N7O11S2. The maximum Gasteiger partial charge on any atom is 0.253 e. The lowest BCUT2D eigenvalue weighted by molar-refractivity contribution is -0.146. The minimum Gasteiger partial charge on any atom is -0.379 e. The van der Waals surface area contributed by atoms with Crippen molar-refractivity contribution in [1.29, 1.82) is 0 Å². The fourth-order valence-corrected chi connectivity index (χ4v) is 11.1. The Labute approximate surface area is 448 Å². The van der Waals surface area contributed by atoms with E-state index in [1.165, 1.54) is 17.1 Å². The van der Waals surface area contributed by atoms with E-state index in [1.54, 1.807) is 38.8 Å². The number of carbonyl (C=O) groups is 6. The maximum absolute atomic E-state index is 14.6. The van der Waals surface area contributed by atoms with Crippen LogP contribution in [-0.2, 0) is 58.9 Å². The Balaban J connectivity index is 1.33. The summed E-state index contributed by atoms with van der Waals surface area (Å²) in [6.45, 7) is 15.7. The molecule has 18 nitrogen and oxygen atoms in total. The SMILES string of the molecule is CC[C@H](C)[C@@H]([C@@H](CC(=O)N1CCC[C@H]1[C@H](OC)[C@@H](C)C(=S)N[C@@H](Cc1ccccc1)c1nccs1)OC)N(C)[C@H](C(=O)NC(=O)[C@H](C(C)C)N(C)C(=O)CCOCCOCCOCCN1C(=O)C=CC1=O)C(C)C. The van der Waals surface area contributed by atoms with Gasteiger partial charge in [-0.15, -0.1) is 11.3 Å². The van der Waals surface area contributed by atoms with Crippen LogP contribution in [0.4, 0.5) is 0 Å². The molecule has 1 saturated heterocycles. The Hall–Kier alpha value is -4.54. The van der Waals surface area contributed by atoms with E-state index in [2.05, 4.69) is 41.6 Å². The largest absolute Gasteiger partial charge is 0.379 e. The van der Waals surface area contributed by atoms with E-state index in [0.717, 1.165) is 34.7 Å². The van der Waals surface area contributed by atoms with Gasteiger partial charge in [-0.1, -0.05) is 97.4 Å². The molecule has 0 aliphatic carbocycles. The fourth-order valence-electron chi connectivity index (χ4n) is 10.1. The van der Waals surface area contributed by atoms with Gasteiger partial charge in [0.05, 0.1) is 94.3 Å². The molecule has 20 heteroatoms. The first kappa shape index (κ1) is 62.0. The molecule has 2 N–H and O–H groups in total.